The van der Waals surface area contributed by atoms with E-state index in [1.807, 2.05) is 0 Å². The SMILES string of the molecule is CS(=O)(=O)NC[C@@H]1CCC2(CN(C(=O)c3cc(C4CC4)on3)C2)OC1. The van der Waals surface area contributed by atoms with E-state index < -0.39 is 10.0 Å². The van der Waals surface area contributed by atoms with Gasteiger partial charge in [0.2, 0.25) is 10.0 Å². The molecule has 9 heteroatoms. The summed E-state index contributed by atoms with van der Waals surface area (Å²) in [5.74, 6) is 1.33. The Bertz CT molecular complexity index is 754. The van der Waals surface area contributed by atoms with Gasteiger partial charge in [0.15, 0.2) is 5.69 Å². The Labute approximate surface area is 146 Å². The van der Waals surface area contributed by atoms with E-state index >= 15 is 0 Å². The van der Waals surface area contributed by atoms with Crippen molar-refractivity contribution < 1.29 is 22.5 Å². The first-order chi connectivity index (χ1) is 11.8. The monoisotopic (exact) mass is 369 g/mol. The summed E-state index contributed by atoms with van der Waals surface area (Å²) >= 11 is 0. The third-order valence-electron chi connectivity index (χ3n) is 5.24. The molecule has 0 bridgehead atoms. The number of hydrogen-bond acceptors (Lipinski definition) is 6. The minimum Gasteiger partial charge on any atom is -0.371 e. The molecule has 1 amide bonds. The predicted molar refractivity (Wildman–Crippen MR) is 88.6 cm³/mol. The summed E-state index contributed by atoms with van der Waals surface area (Å²) < 4.78 is 36.1. The second kappa shape index (κ2) is 6.07. The molecule has 0 radical (unpaired) electrons. The van der Waals surface area contributed by atoms with Crippen molar-refractivity contribution in [3.8, 4) is 0 Å². The fourth-order valence-electron chi connectivity index (χ4n) is 3.50. The lowest BCUT2D eigenvalue weighted by molar-refractivity contribution is -0.166. The van der Waals surface area contributed by atoms with Gasteiger partial charge < -0.3 is 14.2 Å². The lowest BCUT2D eigenvalue weighted by Crippen LogP contribution is -2.66. The Kier molecular flexibility index (Phi) is 4.12. The van der Waals surface area contributed by atoms with Gasteiger partial charge in [0.1, 0.15) is 11.4 Å². The summed E-state index contributed by atoms with van der Waals surface area (Å²) in [5, 5.41) is 3.90. The van der Waals surface area contributed by atoms with Crippen molar-refractivity contribution in [3.05, 3.63) is 17.5 Å². The van der Waals surface area contributed by atoms with Crippen LogP contribution >= 0.6 is 0 Å². The van der Waals surface area contributed by atoms with Gasteiger partial charge in [-0.1, -0.05) is 5.16 Å². The fraction of sp³-hybridized carbons (Fsp3) is 0.750. The van der Waals surface area contributed by atoms with E-state index in [4.69, 9.17) is 9.26 Å². The van der Waals surface area contributed by atoms with Crippen molar-refractivity contribution in [2.75, 3.05) is 32.5 Å². The molecule has 8 nitrogen and oxygen atoms in total. The van der Waals surface area contributed by atoms with Crippen LogP contribution in [-0.2, 0) is 14.8 Å². The molecule has 4 rings (SSSR count). The van der Waals surface area contributed by atoms with Crippen LogP contribution in [0, 0.1) is 5.92 Å². The molecule has 1 aliphatic carbocycles. The van der Waals surface area contributed by atoms with Gasteiger partial charge in [0, 0.05) is 18.5 Å². The molecule has 1 saturated carbocycles. The molecule has 3 heterocycles. The summed E-state index contributed by atoms with van der Waals surface area (Å²) in [4.78, 5) is 14.2. The Hall–Kier alpha value is -1.45. The number of aromatic nitrogens is 1. The number of ether oxygens (including phenoxy) is 1. The first-order valence-corrected chi connectivity index (χ1v) is 10.6. The molecule has 2 aliphatic heterocycles. The maximum atomic E-state index is 12.5. The van der Waals surface area contributed by atoms with E-state index in [1.54, 1.807) is 11.0 Å². The molecule has 1 aromatic heterocycles. The standard InChI is InChI=1S/C16H23N3O5S/c1-25(21,22)17-7-11-4-5-16(23-8-11)9-19(10-16)15(20)13-6-14(24-18-13)12-2-3-12/h6,11-12,17H,2-5,7-10H2,1H3/t11-/m0/s1. The maximum Gasteiger partial charge on any atom is 0.276 e. The Morgan fingerprint density at radius 2 is 2.16 bits per heavy atom. The van der Waals surface area contributed by atoms with Crippen LogP contribution in [0.4, 0.5) is 0 Å². The summed E-state index contributed by atoms with van der Waals surface area (Å²) in [7, 11) is -3.17. The molecule has 1 atom stereocenters. The number of nitrogens with zero attached hydrogens (tertiary/aromatic N) is 2. The van der Waals surface area contributed by atoms with Crippen LogP contribution in [0.5, 0.6) is 0 Å². The zero-order chi connectivity index (χ0) is 17.7. The number of carbonyl (C=O) groups excluding carboxylic acids is 1. The summed E-state index contributed by atoms with van der Waals surface area (Å²) in [5.41, 5.74) is 0.100. The van der Waals surface area contributed by atoms with E-state index in [0.717, 1.165) is 37.7 Å². The highest BCUT2D eigenvalue weighted by atomic mass is 32.2. The minimum absolute atomic E-state index is 0.106. The normalized spacial score (nSPS) is 25.8. The molecule has 3 aliphatic rings. The third-order valence-corrected chi connectivity index (χ3v) is 5.93. The topological polar surface area (TPSA) is 102 Å². The van der Waals surface area contributed by atoms with Gasteiger partial charge in [-0.2, -0.15) is 0 Å². The molecule has 0 unspecified atom stereocenters. The lowest BCUT2D eigenvalue weighted by atomic mass is 9.83. The largest absolute Gasteiger partial charge is 0.371 e. The molecule has 1 N–H and O–H groups in total. The maximum absolute atomic E-state index is 12.5. The van der Waals surface area contributed by atoms with Gasteiger partial charge in [-0.05, 0) is 31.6 Å². The van der Waals surface area contributed by atoms with Gasteiger partial charge in [0.05, 0.1) is 26.0 Å². The van der Waals surface area contributed by atoms with Crippen LogP contribution in [0.1, 0.15) is 47.8 Å². The van der Waals surface area contributed by atoms with E-state index in [2.05, 4.69) is 9.88 Å². The van der Waals surface area contributed by atoms with Gasteiger partial charge in [-0.3, -0.25) is 4.79 Å². The van der Waals surface area contributed by atoms with Crippen molar-refractivity contribution in [2.24, 2.45) is 5.92 Å². The van der Waals surface area contributed by atoms with Crippen molar-refractivity contribution in [2.45, 2.75) is 37.2 Å². The molecule has 2 saturated heterocycles. The summed E-state index contributed by atoms with van der Waals surface area (Å²) in [6.07, 6.45) is 5.10. The molecular weight excluding hydrogens is 346 g/mol. The van der Waals surface area contributed by atoms with Crippen molar-refractivity contribution in [3.63, 3.8) is 0 Å². The Morgan fingerprint density at radius 1 is 1.40 bits per heavy atom. The number of rotatable bonds is 5. The quantitative estimate of drug-likeness (QED) is 0.821. The molecular formula is C16H23N3O5S. The third kappa shape index (κ3) is 3.73. The van der Waals surface area contributed by atoms with Gasteiger partial charge in [0.25, 0.3) is 5.91 Å². The summed E-state index contributed by atoms with van der Waals surface area (Å²) in [6.45, 7) is 2.04. The highest BCUT2D eigenvalue weighted by molar-refractivity contribution is 7.88. The van der Waals surface area contributed by atoms with E-state index in [9.17, 15) is 13.2 Å². The van der Waals surface area contributed by atoms with Crippen LogP contribution in [0.3, 0.4) is 0 Å². The lowest BCUT2D eigenvalue weighted by Gasteiger charge is -2.52. The van der Waals surface area contributed by atoms with Crippen LogP contribution in [0.2, 0.25) is 0 Å². The van der Waals surface area contributed by atoms with Gasteiger partial charge >= 0.3 is 0 Å². The molecule has 138 valence electrons. The average molecular weight is 369 g/mol. The van der Waals surface area contributed by atoms with Crippen molar-refractivity contribution in [1.82, 2.24) is 14.8 Å². The van der Waals surface area contributed by atoms with Crippen molar-refractivity contribution in [1.29, 1.82) is 0 Å². The van der Waals surface area contributed by atoms with Crippen LogP contribution in [0.25, 0.3) is 0 Å². The molecule has 0 aromatic carbocycles. The zero-order valence-electron chi connectivity index (χ0n) is 14.2. The van der Waals surface area contributed by atoms with E-state index in [1.165, 1.54) is 0 Å². The second-order valence-electron chi connectivity index (χ2n) is 7.57. The Morgan fingerprint density at radius 3 is 2.76 bits per heavy atom. The zero-order valence-corrected chi connectivity index (χ0v) is 15.0. The predicted octanol–water partition coefficient (Wildman–Crippen LogP) is 0.722. The van der Waals surface area contributed by atoms with Crippen molar-refractivity contribution >= 4 is 15.9 Å². The first kappa shape index (κ1) is 17.0. The summed E-state index contributed by atoms with van der Waals surface area (Å²) in [6, 6.07) is 1.76. The van der Waals surface area contributed by atoms with E-state index in [0.29, 0.717) is 37.9 Å². The second-order valence-corrected chi connectivity index (χ2v) is 9.40. The van der Waals surface area contributed by atoms with E-state index in [-0.39, 0.29) is 17.4 Å². The highest BCUT2D eigenvalue weighted by Crippen LogP contribution is 2.41. The molecule has 25 heavy (non-hydrogen) atoms. The number of nitrogens with one attached hydrogen (secondary N) is 1. The Balaban J connectivity index is 1.26. The first-order valence-electron chi connectivity index (χ1n) is 8.68. The number of likely N-dealkylation sites (tertiary alicyclic amines) is 1. The number of hydrogen-bond donors (Lipinski definition) is 1. The molecule has 1 aromatic rings. The smallest absolute Gasteiger partial charge is 0.276 e. The van der Waals surface area contributed by atoms with Gasteiger partial charge in [-0.15, -0.1) is 0 Å². The number of amides is 1. The minimum atomic E-state index is -3.17. The number of carbonyl (C=O) groups is 1. The molecule has 3 fully saturated rings. The average Bonchev–Trinajstić information content (AvgIpc) is 3.27. The number of sulfonamides is 1. The van der Waals surface area contributed by atoms with Crippen LogP contribution in [0.15, 0.2) is 10.6 Å². The van der Waals surface area contributed by atoms with Crippen LogP contribution < -0.4 is 4.72 Å². The molecule has 1 spiro atoms. The highest BCUT2D eigenvalue weighted by Gasteiger charge is 2.49. The van der Waals surface area contributed by atoms with Gasteiger partial charge in [-0.25, -0.2) is 13.1 Å². The fourth-order valence-corrected chi connectivity index (χ4v) is 4.04. The van der Waals surface area contributed by atoms with Crippen LogP contribution in [-0.4, -0.2) is 62.5 Å².